The maximum Gasteiger partial charge on any atom is 0.251 e. The van der Waals surface area contributed by atoms with Crippen molar-refractivity contribution < 1.29 is 9.59 Å². The number of amides is 2. The van der Waals surface area contributed by atoms with E-state index in [0.717, 1.165) is 18.4 Å². The highest BCUT2D eigenvalue weighted by Crippen LogP contribution is 2.20. The number of benzene rings is 2. The molecule has 5 nitrogen and oxygen atoms in total. The fourth-order valence-electron chi connectivity index (χ4n) is 2.43. The smallest absolute Gasteiger partial charge is 0.251 e. The van der Waals surface area contributed by atoms with Gasteiger partial charge in [-0.25, -0.2) is 0 Å². The number of aryl methyl sites for hydroxylation is 1. The van der Waals surface area contributed by atoms with Gasteiger partial charge in [0.25, 0.3) is 5.91 Å². The molecule has 0 heterocycles. The lowest BCUT2D eigenvalue weighted by Gasteiger charge is -2.08. The highest BCUT2D eigenvalue weighted by Gasteiger charge is 2.23. The first-order valence-corrected chi connectivity index (χ1v) is 8.16. The molecule has 0 aromatic heterocycles. The summed E-state index contributed by atoms with van der Waals surface area (Å²) >= 11 is 0. The van der Waals surface area contributed by atoms with Crippen LogP contribution in [0.15, 0.2) is 48.5 Å². The van der Waals surface area contributed by atoms with Crippen LogP contribution in [0.3, 0.4) is 0 Å². The summed E-state index contributed by atoms with van der Waals surface area (Å²) in [5.41, 5.74) is 8.84. The van der Waals surface area contributed by atoms with E-state index in [1.54, 1.807) is 24.3 Å². The van der Waals surface area contributed by atoms with Gasteiger partial charge in [-0.05, 0) is 55.2 Å². The van der Waals surface area contributed by atoms with Gasteiger partial charge in [0, 0.05) is 29.4 Å². The molecule has 2 amide bonds. The molecule has 0 saturated heterocycles. The molecule has 0 atom stereocenters. The Balaban J connectivity index is 1.50. The Morgan fingerprint density at radius 3 is 2.42 bits per heavy atom. The molecule has 1 fully saturated rings. The Labute approximate surface area is 141 Å². The number of hydrogen-bond acceptors (Lipinski definition) is 3. The van der Waals surface area contributed by atoms with Gasteiger partial charge in [-0.15, -0.1) is 0 Å². The lowest BCUT2D eigenvalue weighted by atomic mass is 10.1. The number of carbonyl (C=O) groups is 2. The zero-order chi connectivity index (χ0) is 16.9. The summed E-state index contributed by atoms with van der Waals surface area (Å²) in [7, 11) is 0. The van der Waals surface area contributed by atoms with Crippen LogP contribution in [-0.4, -0.2) is 17.9 Å². The minimum absolute atomic E-state index is 0.0603. The van der Waals surface area contributed by atoms with Gasteiger partial charge in [-0.1, -0.05) is 18.2 Å². The van der Waals surface area contributed by atoms with E-state index in [1.165, 1.54) is 0 Å². The molecule has 2 aromatic rings. The van der Waals surface area contributed by atoms with Gasteiger partial charge in [-0.2, -0.15) is 0 Å². The van der Waals surface area contributed by atoms with Crippen molar-refractivity contribution in [2.45, 2.75) is 31.7 Å². The van der Waals surface area contributed by atoms with Gasteiger partial charge in [0.05, 0.1) is 0 Å². The molecule has 0 bridgehead atoms. The summed E-state index contributed by atoms with van der Waals surface area (Å²) in [6.45, 7) is 0. The highest BCUT2D eigenvalue weighted by atomic mass is 16.2. The molecule has 4 N–H and O–H groups in total. The normalized spacial score (nSPS) is 13.3. The predicted molar refractivity (Wildman–Crippen MR) is 94.7 cm³/mol. The van der Waals surface area contributed by atoms with Crippen molar-refractivity contribution in [1.82, 2.24) is 5.32 Å². The second kappa shape index (κ2) is 7.17. The van der Waals surface area contributed by atoms with Crippen LogP contribution < -0.4 is 16.4 Å². The Kier molecular flexibility index (Phi) is 4.79. The molecule has 1 aliphatic carbocycles. The number of nitrogen functional groups attached to an aromatic ring is 1. The number of hydrogen-bond donors (Lipinski definition) is 3. The molecule has 0 aliphatic heterocycles. The number of nitrogens with two attached hydrogens (primary N) is 1. The number of carbonyl (C=O) groups excluding carboxylic acids is 2. The van der Waals surface area contributed by atoms with Crippen molar-refractivity contribution >= 4 is 23.2 Å². The Morgan fingerprint density at radius 2 is 1.75 bits per heavy atom. The third-order valence-electron chi connectivity index (χ3n) is 4.02. The molecule has 1 aliphatic rings. The molecule has 5 heteroatoms. The summed E-state index contributed by atoms with van der Waals surface area (Å²) in [4.78, 5) is 23.9. The number of para-hydroxylation sites is 1. The van der Waals surface area contributed by atoms with E-state index < -0.39 is 0 Å². The van der Waals surface area contributed by atoms with Crippen molar-refractivity contribution in [3.05, 3.63) is 59.7 Å². The molecular weight excluding hydrogens is 302 g/mol. The van der Waals surface area contributed by atoms with E-state index in [2.05, 4.69) is 10.6 Å². The zero-order valence-corrected chi connectivity index (χ0v) is 13.4. The van der Waals surface area contributed by atoms with Crippen molar-refractivity contribution in [2.75, 3.05) is 11.1 Å². The van der Waals surface area contributed by atoms with Gasteiger partial charge >= 0.3 is 0 Å². The monoisotopic (exact) mass is 323 g/mol. The summed E-state index contributed by atoms with van der Waals surface area (Å²) in [6, 6.07) is 14.8. The van der Waals surface area contributed by atoms with Crippen LogP contribution in [0.2, 0.25) is 0 Å². The first kappa shape index (κ1) is 16.1. The number of rotatable bonds is 6. The van der Waals surface area contributed by atoms with Gasteiger partial charge in [0.1, 0.15) is 0 Å². The van der Waals surface area contributed by atoms with Crippen LogP contribution in [0.5, 0.6) is 0 Å². The largest absolute Gasteiger partial charge is 0.399 e. The van der Waals surface area contributed by atoms with Gasteiger partial charge in [0.2, 0.25) is 5.91 Å². The van der Waals surface area contributed by atoms with Crippen molar-refractivity contribution in [2.24, 2.45) is 0 Å². The standard InChI is InChI=1S/C19H21N3O2/c20-17-4-2-1-3-13(17)7-12-18(23)21-15-8-5-14(6-9-15)19(24)22-16-10-11-16/h1-6,8-9,16H,7,10-12,20H2,(H,21,23)(H,22,24). The maximum absolute atomic E-state index is 12.0. The first-order valence-electron chi connectivity index (χ1n) is 8.16. The Bertz CT molecular complexity index is 737. The second-order valence-electron chi connectivity index (χ2n) is 6.07. The molecule has 2 aromatic carbocycles. The Hall–Kier alpha value is -2.82. The third-order valence-corrected chi connectivity index (χ3v) is 4.02. The van der Waals surface area contributed by atoms with Crippen LogP contribution in [0, 0.1) is 0 Å². The van der Waals surface area contributed by atoms with E-state index in [0.29, 0.717) is 35.8 Å². The number of anilines is 2. The van der Waals surface area contributed by atoms with Crippen molar-refractivity contribution in [1.29, 1.82) is 0 Å². The minimum atomic E-state index is -0.0755. The third kappa shape index (κ3) is 4.35. The molecule has 0 unspecified atom stereocenters. The molecule has 0 spiro atoms. The molecule has 3 rings (SSSR count). The van der Waals surface area contributed by atoms with Crippen LogP contribution in [-0.2, 0) is 11.2 Å². The minimum Gasteiger partial charge on any atom is -0.399 e. The lowest BCUT2D eigenvalue weighted by Crippen LogP contribution is -2.25. The summed E-state index contributed by atoms with van der Waals surface area (Å²) < 4.78 is 0. The van der Waals surface area contributed by atoms with Crippen molar-refractivity contribution in [3.63, 3.8) is 0 Å². The van der Waals surface area contributed by atoms with E-state index in [9.17, 15) is 9.59 Å². The molecule has 124 valence electrons. The Morgan fingerprint density at radius 1 is 1.04 bits per heavy atom. The quantitative estimate of drug-likeness (QED) is 0.715. The predicted octanol–water partition coefficient (Wildman–Crippen LogP) is 2.73. The average Bonchev–Trinajstić information content (AvgIpc) is 3.39. The van der Waals surface area contributed by atoms with Crippen molar-refractivity contribution in [3.8, 4) is 0 Å². The molecular formula is C19H21N3O2. The first-order chi connectivity index (χ1) is 11.6. The van der Waals surface area contributed by atoms with Crippen LogP contribution >= 0.6 is 0 Å². The van der Waals surface area contributed by atoms with E-state index >= 15 is 0 Å². The van der Waals surface area contributed by atoms with Gasteiger partial charge < -0.3 is 16.4 Å². The molecule has 1 saturated carbocycles. The molecule has 24 heavy (non-hydrogen) atoms. The van der Waals surface area contributed by atoms with Crippen LogP contribution in [0.4, 0.5) is 11.4 Å². The topological polar surface area (TPSA) is 84.2 Å². The van der Waals surface area contributed by atoms with E-state index in [4.69, 9.17) is 5.73 Å². The van der Waals surface area contributed by atoms with E-state index in [1.807, 2.05) is 24.3 Å². The second-order valence-corrected chi connectivity index (χ2v) is 6.07. The fraction of sp³-hybridized carbons (Fsp3) is 0.263. The summed E-state index contributed by atoms with van der Waals surface area (Å²) in [5.74, 6) is -0.136. The SMILES string of the molecule is Nc1ccccc1CCC(=O)Nc1ccc(C(=O)NC2CC2)cc1. The summed E-state index contributed by atoms with van der Waals surface area (Å²) in [5, 5.41) is 5.78. The van der Waals surface area contributed by atoms with Gasteiger partial charge in [-0.3, -0.25) is 9.59 Å². The lowest BCUT2D eigenvalue weighted by molar-refractivity contribution is -0.116. The average molecular weight is 323 g/mol. The maximum atomic E-state index is 12.0. The van der Waals surface area contributed by atoms with Crippen LogP contribution in [0.25, 0.3) is 0 Å². The van der Waals surface area contributed by atoms with Gasteiger partial charge in [0.15, 0.2) is 0 Å². The highest BCUT2D eigenvalue weighted by molar-refractivity contribution is 5.96. The molecule has 0 radical (unpaired) electrons. The fourth-order valence-corrected chi connectivity index (χ4v) is 2.43. The summed E-state index contributed by atoms with van der Waals surface area (Å²) in [6.07, 6.45) is 3.08. The van der Waals surface area contributed by atoms with E-state index in [-0.39, 0.29) is 11.8 Å². The number of nitrogens with one attached hydrogen (secondary N) is 2. The zero-order valence-electron chi connectivity index (χ0n) is 13.4. The van der Waals surface area contributed by atoms with Crippen LogP contribution in [0.1, 0.15) is 35.2 Å².